The summed E-state index contributed by atoms with van der Waals surface area (Å²) < 4.78 is 5.21. The molecule has 3 nitrogen and oxygen atoms in total. The molecule has 124 valence electrons. The summed E-state index contributed by atoms with van der Waals surface area (Å²) in [7, 11) is 1.81. The van der Waals surface area contributed by atoms with Crippen molar-refractivity contribution in [3.05, 3.63) is 0 Å². The van der Waals surface area contributed by atoms with Crippen LogP contribution in [0.4, 0.5) is 0 Å². The van der Waals surface area contributed by atoms with E-state index in [9.17, 15) is 0 Å². The van der Waals surface area contributed by atoms with Crippen LogP contribution in [0.25, 0.3) is 0 Å². The quantitative estimate of drug-likeness (QED) is 0.728. The molecule has 0 bridgehead atoms. The molecule has 2 atom stereocenters. The molecule has 2 unspecified atom stereocenters. The predicted octanol–water partition coefficient (Wildman–Crippen LogP) is 3.44. The number of unbranched alkanes of at least 4 members (excludes halogenated alkanes) is 1. The molecule has 2 aliphatic rings. The van der Waals surface area contributed by atoms with Gasteiger partial charge in [0.1, 0.15) is 0 Å². The Hall–Kier alpha value is -0.120. The molecule has 2 rings (SSSR count). The van der Waals surface area contributed by atoms with E-state index in [4.69, 9.17) is 4.74 Å². The maximum Gasteiger partial charge on any atom is 0.0462 e. The summed E-state index contributed by atoms with van der Waals surface area (Å²) in [5.41, 5.74) is 0.468. The fourth-order valence-electron chi connectivity index (χ4n) is 4.17. The highest BCUT2D eigenvalue weighted by atomic mass is 16.5. The van der Waals surface area contributed by atoms with Gasteiger partial charge in [0.2, 0.25) is 0 Å². The van der Waals surface area contributed by atoms with E-state index in [1.54, 1.807) is 0 Å². The van der Waals surface area contributed by atoms with Crippen molar-refractivity contribution in [3.63, 3.8) is 0 Å². The molecule has 0 aromatic carbocycles. The average molecular weight is 296 g/mol. The first-order valence-corrected chi connectivity index (χ1v) is 9.19. The lowest BCUT2D eigenvalue weighted by Gasteiger charge is -2.53. The summed E-state index contributed by atoms with van der Waals surface area (Å²) in [4.78, 5) is 2.86. The molecule has 3 heteroatoms. The van der Waals surface area contributed by atoms with Gasteiger partial charge in [0.25, 0.3) is 0 Å². The van der Waals surface area contributed by atoms with Crippen LogP contribution < -0.4 is 5.32 Å². The Bertz CT molecular complexity index is 289. The molecule has 0 radical (unpaired) electrons. The highest BCUT2D eigenvalue weighted by Gasteiger charge is 2.42. The third-order valence-electron chi connectivity index (χ3n) is 5.92. The van der Waals surface area contributed by atoms with Gasteiger partial charge < -0.3 is 10.1 Å². The monoisotopic (exact) mass is 296 g/mol. The molecule has 1 saturated carbocycles. The van der Waals surface area contributed by atoms with Crippen molar-refractivity contribution in [1.29, 1.82) is 0 Å². The lowest BCUT2D eigenvalue weighted by Crippen LogP contribution is -2.66. The predicted molar refractivity (Wildman–Crippen MR) is 89.7 cm³/mol. The summed E-state index contributed by atoms with van der Waals surface area (Å²) in [6, 6.07) is 0.685. The Labute approximate surface area is 131 Å². The molecule has 2 fully saturated rings. The number of nitrogens with one attached hydrogen (secondary N) is 1. The molecule has 1 aliphatic heterocycles. The van der Waals surface area contributed by atoms with E-state index < -0.39 is 0 Å². The van der Waals surface area contributed by atoms with Crippen molar-refractivity contribution in [1.82, 2.24) is 10.2 Å². The van der Waals surface area contributed by atoms with Gasteiger partial charge in [-0.25, -0.2) is 0 Å². The van der Waals surface area contributed by atoms with Crippen LogP contribution in [-0.2, 0) is 4.74 Å². The lowest BCUT2D eigenvalue weighted by atomic mass is 9.77. The molecule has 21 heavy (non-hydrogen) atoms. The molecule has 1 saturated heterocycles. The Morgan fingerprint density at radius 2 is 2.00 bits per heavy atom. The Morgan fingerprint density at radius 1 is 1.24 bits per heavy atom. The van der Waals surface area contributed by atoms with Crippen molar-refractivity contribution in [2.45, 2.75) is 76.8 Å². The van der Waals surface area contributed by atoms with Crippen molar-refractivity contribution in [3.8, 4) is 0 Å². The van der Waals surface area contributed by atoms with Crippen LogP contribution in [0.15, 0.2) is 0 Å². The number of ether oxygens (including phenoxy) is 1. The minimum atomic E-state index is 0.468. The summed E-state index contributed by atoms with van der Waals surface area (Å²) in [6.45, 7) is 9.36. The second kappa shape index (κ2) is 8.50. The number of nitrogens with zero attached hydrogens (tertiary/aromatic N) is 1. The van der Waals surface area contributed by atoms with E-state index in [2.05, 4.69) is 24.1 Å². The molecular formula is C18H36N2O. The van der Waals surface area contributed by atoms with Gasteiger partial charge in [0.05, 0.1) is 0 Å². The number of hydrogen-bond acceptors (Lipinski definition) is 3. The number of piperazine rings is 1. The van der Waals surface area contributed by atoms with Crippen molar-refractivity contribution in [2.24, 2.45) is 5.92 Å². The van der Waals surface area contributed by atoms with Gasteiger partial charge in [0.15, 0.2) is 0 Å². The third-order valence-corrected chi connectivity index (χ3v) is 5.92. The summed E-state index contributed by atoms with van der Waals surface area (Å²) in [5, 5.41) is 3.90. The topological polar surface area (TPSA) is 24.5 Å². The highest BCUT2D eigenvalue weighted by Crippen LogP contribution is 2.36. The van der Waals surface area contributed by atoms with Crippen LogP contribution >= 0.6 is 0 Å². The number of hydrogen-bond donors (Lipinski definition) is 1. The van der Waals surface area contributed by atoms with Crippen molar-refractivity contribution >= 4 is 0 Å². The van der Waals surface area contributed by atoms with E-state index in [0.29, 0.717) is 11.6 Å². The first-order chi connectivity index (χ1) is 10.2. The average Bonchev–Trinajstić information content (AvgIpc) is 2.53. The van der Waals surface area contributed by atoms with E-state index >= 15 is 0 Å². The third kappa shape index (κ3) is 4.43. The van der Waals surface area contributed by atoms with Crippen LogP contribution in [0.3, 0.4) is 0 Å². The van der Waals surface area contributed by atoms with Crippen molar-refractivity contribution < 1.29 is 4.74 Å². The standard InChI is InChI=1S/C18H36N2O/c1-4-16(2)17-14-20(12-8-9-13-21-3)18(15-19-17)10-6-5-7-11-18/h16-17,19H,4-15H2,1-3H3. The van der Waals surface area contributed by atoms with Crippen molar-refractivity contribution in [2.75, 3.05) is 33.4 Å². The smallest absolute Gasteiger partial charge is 0.0462 e. The zero-order valence-corrected chi connectivity index (χ0v) is 14.5. The van der Waals surface area contributed by atoms with Crippen LogP contribution in [0, 0.1) is 5.92 Å². The SMILES string of the molecule is CCC(C)C1CN(CCCCOC)C2(CCCCC2)CN1. The summed E-state index contributed by atoms with van der Waals surface area (Å²) >= 11 is 0. The molecule has 1 N–H and O–H groups in total. The maximum absolute atomic E-state index is 5.21. The van der Waals surface area contributed by atoms with Gasteiger partial charge >= 0.3 is 0 Å². The molecule has 0 aromatic heterocycles. The zero-order valence-electron chi connectivity index (χ0n) is 14.5. The molecule has 0 aromatic rings. The fraction of sp³-hybridized carbons (Fsp3) is 1.00. The normalized spacial score (nSPS) is 27.9. The van der Waals surface area contributed by atoms with Gasteiger partial charge in [0, 0.05) is 38.4 Å². The summed E-state index contributed by atoms with van der Waals surface area (Å²) in [6.07, 6.45) is 10.8. The Morgan fingerprint density at radius 3 is 2.67 bits per heavy atom. The molecular weight excluding hydrogens is 260 g/mol. The van der Waals surface area contributed by atoms with Gasteiger partial charge in [-0.05, 0) is 38.1 Å². The Balaban J connectivity index is 1.95. The second-order valence-electron chi connectivity index (χ2n) is 7.30. The second-order valence-corrected chi connectivity index (χ2v) is 7.30. The molecule has 0 amide bonds. The molecule has 1 spiro atoms. The minimum absolute atomic E-state index is 0.468. The van der Waals surface area contributed by atoms with E-state index in [1.165, 1.54) is 71.0 Å². The zero-order chi connectivity index (χ0) is 15.1. The molecule has 1 heterocycles. The number of methoxy groups -OCH3 is 1. The van der Waals surface area contributed by atoms with Gasteiger partial charge in [-0.15, -0.1) is 0 Å². The van der Waals surface area contributed by atoms with E-state index in [1.807, 2.05) is 7.11 Å². The lowest BCUT2D eigenvalue weighted by molar-refractivity contribution is -0.00153. The van der Waals surface area contributed by atoms with Crippen LogP contribution in [0.5, 0.6) is 0 Å². The molecule has 1 aliphatic carbocycles. The van der Waals surface area contributed by atoms with E-state index in [0.717, 1.165) is 12.5 Å². The summed E-state index contributed by atoms with van der Waals surface area (Å²) in [5.74, 6) is 0.785. The van der Waals surface area contributed by atoms with Crippen LogP contribution in [-0.4, -0.2) is 49.8 Å². The van der Waals surface area contributed by atoms with E-state index in [-0.39, 0.29) is 0 Å². The van der Waals surface area contributed by atoms with Crippen LogP contribution in [0.1, 0.15) is 65.2 Å². The maximum atomic E-state index is 5.21. The first kappa shape index (κ1) is 17.2. The van der Waals surface area contributed by atoms with Gasteiger partial charge in [-0.1, -0.05) is 39.5 Å². The Kier molecular flexibility index (Phi) is 6.97. The van der Waals surface area contributed by atoms with Gasteiger partial charge in [-0.2, -0.15) is 0 Å². The van der Waals surface area contributed by atoms with Gasteiger partial charge in [-0.3, -0.25) is 4.90 Å². The fourth-order valence-corrected chi connectivity index (χ4v) is 4.17. The first-order valence-electron chi connectivity index (χ1n) is 9.19. The largest absolute Gasteiger partial charge is 0.385 e. The highest BCUT2D eigenvalue weighted by molar-refractivity contribution is 5.01. The van der Waals surface area contributed by atoms with Crippen LogP contribution in [0.2, 0.25) is 0 Å². The minimum Gasteiger partial charge on any atom is -0.385 e. The number of rotatable bonds is 7.